The Bertz CT molecular complexity index is 477. The molecule has 0 spiro atoms. The third kappa shape index (κ3) is 3.18. The quantitative estimate of drug-likeness (QED) is 0.861. The van der Waals surface area contributed by atoms with Crippen molar-refractivity contribution in [3.05, 3.63) is 30.3 Å². The summed E-state index contributed by atoms with van der Waals surface area (Å²) < 4.78 is 0. The lowest BCUT2D eigenvalue weighted by Crippen LogP contribution is -2.48. The van der Waals surface area contributed by atoms with Crippen LogP contribution in [0.15, 0.2) is 30.3 Å². The van der Waals surface area contributed by atoms with Crippen LogP contribution in [0.1, 0.15) is 33.1 Å². The van der Waals surface area contributed by atoms with E-state index in [0.717, 1.165) is 31.6 Å². The molecule has 0 saturated carbocycles. The van der Waals surface area contributed by atoms with Crippen LogP contribution in [0.3, 0.4) is 0 Å². The van der Waals surface area contributed by atoms with Crippen molar-refractivity contribution < 1.29 is 9.59 Å². The fourth-order valence-electron chi connectivity index (χ4n) is 2.40. The number of amides is 2. The maximum absolute atomic E-state index is 12.5. The Hall–Kier alpha value is -1.84. The summed E-state index contributed by atoms with van der Waals surface area (Å²) in [6.07, 6.45) is 3.23. The Labute approximate surface area is 120 Å². The van der Waals surface area contributed by atoms with Crippen molar-refractivity contribution in [1.29, 1.82) is 0 Å². The van der Waals surface area contributed by atoms with Crippen LogP contribution < -0.4 is 5.32 Å². The molecule has 0 radical (unpaired) electrons. The second kappa shape index (κ2) is 6.07. The molecule has 4 heteroatoms. The highest BCUT2D eigenvalue weighted by Crippen LogP contribution is 2.24. The summed E-state index contributed by atoms with van der Waals surface area (Å²) in [5, 5.41) is 2.82. The molecule has 0 unspecified atom stereocenters. The van der Waals surface area contributed by atoms with E-state index in [1.54, 1.807) is 13.8 Å². The van der Waals surface area contributed by atoms with Gasteiger partial charge in [0.1, 0.15) is 5.41 Å². The SMILES string of the molecule is CC(C)(C(=O)Nc1ccccc1)C(=O)N1CCCCC1. The molecule has 1 aromatic rings. The zero-order chi connectivity index (χ0) is 14.6. The normalized spacial score (nSPS) is 15.8. The number of piperidine rings is 1. The fraction of sp³-hybridized carbons (Fsp3) is 0.500. The third-order valence-corrected chi connectivity index (χ3v) is 3.78. The van der Waals surface area contributed by atoms with Crippen LogP contribution in [0.4, 0.5) is 5.69 Å². The van der Waals surface area contributed by atoms with E-state index in [1.165, 1.54) is 6.42 Å². The minimum Gasteiger partial charge on any atom is -0.342 e. The van der Waals surface area contributed by atoms with Gasteiger partial charge in [0, 0.05) is 18.8 Å². The number of anilines is 1. The Morgan fingerprint density at radius 3 is 2.25 bits per heavy atom. The van der Waals surface area contributed by atoms with Gasteiger partial charge in [-0.3, -0.25) is 9.59 Å². The van der Waals surface area contributed by atoms with Crippen molar-refractivity contribution >= 4 is 17.5 Å². The van der Waals surface area contributed by atoms with E-state index >= 15 is 0 Å². The molecule has 1 aromatic carbocycles. The molecule has 1 aliphatic rings. The van der Waals surface area contributed by atoms with E-state index in [1.807, 2.05) is 35.2 Å². The van der Waals surface area contributed by atoms with Crippen molar-refractivity contribution in [2.45, 2.75) is 33.1 Å². The van der Waals surface area contributed by atoms with Crippen LogP contribution in [-0.2, 0) is 9.59 Å². The molecule has 1 fully saturated rings. The first-order valence-electron chi connectivity index (χ1n) is 7.17. The van der Waals surface area contributed by atoms with E-state index in [2.05, 4.69) is 5.32 Å². The summed E-state index contributed by atoms with van der Waals surface area (Å²) in [6, 6.07) is 9.24. The molecule has 1 N–H and O–H groups in total. The number of rotatable bonds is 3. The molecule has 0 bridgehead atoms. The molecule has 4 nitrogen and oxygen atoms in total. The van der Waals surface area contributed by atoms with Gasteiger partial charge >= 0.3 is 0 Å². The van der Waals surface area contributed by atoms with Gasteiger partial charge in [0.25, 0.3) is 0 Å². The third-order valence-electron chi connectivity index (χ3n) is 3.78. The number of carbonyl (C=O) groups excluding carboxylic acids is 2. The zero-order valence-electron chi connectivity index (χ0n) is 12.2. The van der Waals surface area contributed by atoms with Gasteiger partial charge in [0.05, 0.1) is 0 Å². The first kappa shape index (κ1) is 14.6. The molecular weight excluding hydrogens is 252 g/mol. The van der Waals surface area contributed by atoms with E-state index in [9.17, 15) is 9.59 Å². The predicted molar refractivity (Wildman–Crippen MR) is 79.3 cm³/mol. The Morgan fingerprint density at radius 1 is 1.05 bits per heavy atom. The summed E-state index contributed by atoms with van der Waals surface area (Å²) in [5.41, 5.74) is -0.315. The van der Waals surface area contributed by atoms with Crippen molar-refractivity contribution in [2.24, 2.45) is 5.41 Å². The van der Waals surface area contributed by atoms with Gasteiger partial charge < -0.3 is 10.2 Å². The first-order chi connectivity index (χ1) is 9.51. The molecule has 108 valence electrons. The van der Waals surface area contributed by atoms with Gasteiger partial charge in [-0.2, -0.15) is 0 Å². The first-order valence-corrected chi connectivity index (χ1v) is 7.17. The number of para-hydroxylation sites is 1. The van der Waals surface area contributed by atoms with Crippen molar-refractivity contribution in [3.8, 4) is 0 Å². The maximum atomic E-state index is 12.5. The molecule has 0 aliphatic carbocycles. The molecule has 2 amide bonds. The molecule has 1 aliphatic heterocycles. The van der Waals surface area contributed by atoms with Gasteiger partial charge in [-0.1, -0.05) is 18.2 Å². The van der Waals surface area contributed by atoms with Gasteiger partial charge in [-0.15, -0.1) is 0 Å². The largest absolute Gasteiger partial charge is 0.342 e. The minimum atomic E-state index is -1.03. The van der Waals surface area contributed by atoms with Crippen LogP contribution in [-0.4, -0.2) is 29.8 Å². The number of hydrogen-bond donors (Lipinski definition) is 1. The predicted octanol–water partition coefficient (Wildman–Crippen LogP) is 2.66. The Morgan fingerprint density at radius 2 is 1.65 bits per heavy atom. The van der Waals surface area contributed by atoms with E-state index in [0.29, 0.717) is 0 Å². The number of likely N-dealkylation sites (tertiary alicyclic amines) is 1. The lowest BCUT2D eigenvalue weighted by Gasteiger charge is -2.33. The zero-order valence-corrected chi connectivity index (χ0v) is 12.2. The number of nitrogens with one attached hydrogen (secondary N) is 1. The summed E-state index contributed by atoms with van der Waals surface area (Å²) in [4.78, 5) is 26.7. The number of hydrogen-bond acceptors (Lipinski definition) is 2. The van der Waals surface area contributed by atoms with Gasteiger partial charge in [0.15, 0.2) is 0 Å². The van der Waals surface area contributed by atoms with Crippen LogP contribution in [0.25, 0.3) is 0 Å². The maximum Gasteiger partial charge on any atom is 0.239 e. The summed E-state index contributed by atoms with van der Waals surface area (Å²) >= 11 is 0. The highest BCUT2D eigenvalue weighted by atomic mass is 16.2. The molecular formula is C16H22N2O2. The van der Waals surface area contributed by atoms with Gasteiger partial charge in [0.2, 0.25) is 11.8 Å². The van der Waals surface area contributed by atoms with Crippen molar-refractivity contribution in [3.63, 3.8) is 0 Å². The summed E-state index contributed by atoms with van der Waals surface area (Å²) in [6.45, 7) is 4.92. The lowest BCUT2D eigenvalue weighted by molar-refractivity contribution is -0.147. The highest BCUT2D eigenvalue weighted by Gasteiger charge is 2.39. The second-order valence-corrected chi connectivity index (χ2v) is 5.80. The van der Waals surface area contributed by atoms with E-state index in [4.69, 9.17) is 0 Å². The van der Waals surface area contributed by atoms with Crippen LogP contribution in [0.2, 0.25) is 0 Å². The van der Waals surface area contributed by atoms with Crippen molar-refractivity contribution in [1.82, 2.24) is 4.90 Å². The number of carbonyl (C=O) groups is 2. The van der Waals surface area contributed by atoms with Crippen molar-refractivity contribution in [2.75, 3.05) is 18.4 Å². The molecule has 1 heterocycles. The average molecular weight is 274 g/mol. The standard InChI is InChI=1S/C16H22N2O2/c1-16(2,15(20)18-11-7-4-8-12-18)14(19)17-13-9-5-3-6-10-13/h3,5-6,9-10H,4,7-8,11-12H2,1-2H3,(H,17,19). The number of nitrogens with zero attached hydrogens (tertiary/aromatic N) is 1. The fourth-order valence-corrected chi connectivity index (χ4v) is 2.40. The molecule has 0 aromatic heterocycles. The van der Waals surface area contributed by atoms with Crippen LogP contribution in [0.5, 0.6) is 0 Å². The Balaban J connectivity index is 2.04. The molecule has 0 atom stereocenters. The Kier molecular flexibility index (Phi) is 4.42. The summed E-state index contributed by atoms with van der Waals surface area (Å²) in [7, 11) is 0. The average Bonchev–Trinajstić information content (AvgIpc) is 2.48. The molecule has 1 saturated heterocycles. The number of benzene rings is 1. The highest BCUT2D eigenvalue weighted by molar-refractivity contribution is 6.09. The molecule has 20 heavy (non-hydrogen) atoms. The smallest absolute Gasteiger partial charge is 0.239 e. The minimum absolute atomic E-state index is 0.0781. The van der Waals surface area contributed by atoms with Gasteiger partial charge in [-0.25, -0.2) is 0 Å². The summed E-state index contributed by atoms with van der Waals surface area (Å²) in [5.74, 6) is -0.329. The van der Waals surface area contributed by atoms with Crippen LogP contribution in [0, 0.1) is 5.41 Å². The molecule has 2 rings (SSSR count). The van der Waals surface area contributed by atoms with E-state index < -0.39 is 5.41 Å². The monoisotopic (exact) mass is 274 g/mol. The van der Waals surface area contributed by atoms with E-state index in [-0.39, 0.29) is 11.8 Å². The lowest BCUT2D eigenvalue weighted by atomic mass is 9.89. The van der Waals surface area contributed by atoms with Gasteiger partial charge in [-0.05, 0) is 45.2 Å². The topological polar surface area (TPSA) is 49.4 Å². The second-order valence-electron chi connectivity index (χ2n) is 5.80. The van der Waals surface area contributed by atoms with Crippen LogP contribution >= 0.6 is 0 Å².